The molecule has 5 nitrogen and oxygen atoms in total. The van der Waals surface area contributed by atoms with Gasteiger partial charge in [0.15, 0.2) is 0 Å². The van der Waals surface area contributed by atoms with Gasteiger partial charge in [-0.2, -0.15) is 5.10 Å². The maximum Gasteiger partial charge on any atom is 0.241 e. The minimum Gasteiger partial charge on any atom is -0.380 e. The summed E-state index contributed by atoms with van der Waals surface area (Å²) in [6, 6.07) is 0.549. The Morgan fingerprint density at radius 1 is 1.59 bits per heavy atom. The first-order valence-corrected chi connectivity index (χ1v) is 6.18. The summed E-state index contributed by atoms with van der Waals surface area (Å²) in [5, 5.41) is 10.2. The molecule has 0 saturated heterocycles. The number of aromatic nitrogens is 2. The molecule has 1 amide bonds. The number of carbonyl (C=O) groups excluding carboxylic acids is 1. The lowest BCUT2D eigenvalue weighted by Gasteiger charge is -2.16. The summed E-state index contributed by atoms with van der Waals surface area (Å²) in [5.41, 5.74) is 1.01. The molecule has 0 spiro atoms. The van der Waals surface area contributed by atoms with E-state index < -0.39 is 0 Å². The number of likely N-dealkylation sites (N-methyl/N-ethyl adjacent to an activating group) is 1. The monoisotopic (exact) mass is 236 g/mol. The van der Waals surface area contributed by atoms with E-state index in [1.165, 1.54) is 19.3 Å². The molecule has 0 radical (unpaired) electrons. The van der Waals surface area contributed by atoms with E-state index in [9.17, 15) is 4.79 Å². The van der Waals surface area contributed by atoms with Gasteiger partial charge in [-0.3, -0.25) is 9.48 Å². The summed E-state index contributed by atoms with van der Waals surface area (Å²) in [7, 11) is 1.63. The molecule has 1 fully saturated rings. The topological polar surface area (TPSA) is 59.0 Å². The molecule has 1 aromatic heterocycles. The number of rotatable bonds is 4. The standard InChI is InChI=1S/C12H20N4O/c1-9-4-3-5-11(9)15-10-6-14-16(7-10)8-12(17)13-2/h6-7,9,11,15H,3-5,8H2,1-2H3,(H,13,17). The second-order valence-electron chi connectivity index (χ2n) is 4.76. The predicted molar refractivity (Wildman–Crippen MR) is 66.7 cm³/mol. The maximum atomic E-state index is 11.2. The zero-order chi connectivity index (χ0) is 12.3. The van der Waals surface area contributed by atoms with Crippen LogP contribution < -0.4 is 10.6 Å². The van der Waals surface area contributed by atoms with Gasteiger partial charge in [-0.1, -0.05) is 13.3 Å². The molecule has 1 aliphatic rings. The molecular formula is C12H20N4O. The van der Waals surface area contributed by atoms with Crippen LogP contribution in [0.25, 0.3) is 0 Å². The van der Waals surface area contributed by atoms with Crippen molar-refractivity contribution >= 4 is 11.6 Å². The third-order valence-electron chi connectivity index (χ3n) is 3.43. The van der Waals surface area contributed by atoms with Crippen LogP contribution in [0, 0.1) is 5.92 Å². The number of nitrogens with one attached hydrogen (secondary N) is 2. The first kappa shape index (κ1) is 12.0. The third kappa shape index (κ3) is 2.99. The zero-order valence-corrected chi connectivity index (χ0v) is 10.4. The second-order valence-corrected chi connectivity index (χ2v) is 4.76. The number of nitrogens with zero attached hydrogens (tertiary/aromatic N) is 2. The lowest BCUT2D eigenvalue weighted by atomic mass is 10.1. The van der Waals surface area contributed by atoms with E-state index in [-0.39, 0.29) is 12.5 Å². The van der Waals surface area contributed by atoms with Gasteiger partial charge < -0.3 is 10.6 Å². The van der Waals surface area contributed by atoms with E-state index in [1.807, 2.05) is 6.20 Å². The number of anilines is 1. The van der Waals surface area contributed by atoms with Gasteiger partial charge in [-0.25, -0.2) is 0 Å². The molecule has 1 heterocycles. The van der Waals surface area contributed by atoms with E-state index in [0.29, 0.717) is 6.04 Å². The average Bonchev–Trinajstić information content (AvgIpc) is 2.90. The quantitative estimate of drug-likeness (QED) is 0.826. The smallest absolute Gasteiger partial charge is 0.241 e. The highest BCUT2D eigenvalue weighted by Crippen LogP contribution is 2.27. The van der Waals surface area contributed by atoms with Crippen LogP contribution in [-0.2, 0) is 11.3 Å². The van der Waals surface area contributed by atoms with Crippen molar-refractivity contribution in [3.05, 3.63) is 12.4 Å². The Bertz CT molecular complexity index is 388. The maximum absolute atomic E-state index is 11.2. The van der Waals surface area contributed by atoms with E-state index in [0.717, 1.165) is 11.6 Å². The van der Waals surface area contributed by atoms with Crippen LogP contribution in [-0.4, -0.2) is 28.8 Å². The summed E-state index contributed by atoms with van der Waals surface area (Å²) in [5.74, 6) is 0.686. The molecule has 94 valence electrons. The molecule has 5 heteroatoms. The van der Waals surface area contributed by atoms with Gasteiger partial charge >= 0.3 is 0 Å². The van der Waals surface area contributed by atoms with E-state index in [4.69, 9.17) is 0 Å². The van der Waals surface area contributed by atoms with Crippen molar-refractivity contribution in [1.29, 1.82) is 0 Å². The molecule has 1 aromatic rings. The summed E-state index contributed by atoms with van der Waals surface area (Å²) < 4.78 is 1.65. The first-order valence-electron chi connectivity index (χ1n) is 6.18. The van der Waals surface area contributed by atoms with Crippen molar-refractivity contribution in [3.63, 3.8) is 0 Å². The molecule has 0 aliphatic heterocycles. The number of amides is 1. The second kappa shape index (κ2) is 5.21. The minimum atomic E-state index is -0.0334. The van der Waals surface area contributed by atoms with Crippen LogP contribution in [0.5, 0.6) is 0 Å². The van der Waals surface area contributed by atoms with E-state index in [2.05, 4.69) is 22.7 Å². The highest BCUT2D eigenvalue weighted by atomic mass is 16.1. The largest absolute Gasteiger partial charge is 0.380 e. The summed E-state index contributed by atoms with van der Waals surface area (Å²) in [6.45, 7) is 2.55. The fourth-order valence-electron chi connectivity index (χ4n) is 2.32. The van der Waals surface area contributed by atoms with Crippen molar-refractivity contribution in [2.24, 2.45) is 5.92 Å². The summed E-state index contributed by atoms with van der Waals surface area (Å²) >= 11 is 0. The molecule has 0 aromatic carbocycles. The lowest BCUT2D eigenvalue weighted by Crippen LogP contribution is -2.23. The van der Waals surface area contributed by atoms with Crippen molar-refractivity contribution < 1.29 is 4.79 Å². The predicted octanol–water partition coefficient (Wildman–Crippen LogP) is 1.23. The van der Waals surface area contributed by atoms with Gasteiger partial charge in [0.05, 0.1) is 11.9 Å². The third-order valence-corrected chi connectivity index (χ3v) is 3.43. The number of hydrogen-bond acceptors (Lipinski definition) is 3. The summed E-state index contributed by atoms with van der Waals surface area (Å²) in [6.07, 6.45) is 7.49. The Hall–Kier alpha value is -1.52. The Labute approximate surface area is 102 Å². The molecule has 17 heavy (non-hydrogen) atoms. The first-order chi connectivity index (χ1) is 8.19. The van der Waals surface area contributed by atoms with E-state index >= 15 is 0 Å². The SMILES string of the molecule is CNC(=O)Cn1cc(NC2CCCC2C)cn1. The van der Waals surface area contributed by atoms with Gasteiger partial charge in [0.2, 0.25) is 5.91 Å². The Kier molecular flexibility index (Phi) is 3.66. The molecule has 2 atom stereocenters. The van der Waals surface area contributed by atoms with E-state index in [1.54, 1.807) is 17.9 Å². The average molecular weight is 236 g/mol. The molecular weight excluding hydrogens is 216 g/mol. The Balaban J connectivity index is 1.91. The normalized spacial score (nSPS) is 23.6. The molecule has 2 unspecified atom stereocenters. The number of hydrogen-bond donors (Lipinski definition) is 2. The van der Waals surface area contributed by atoms with Gasteiger partial charge in [0.1, 0.15) is 6.54 Å². The van der Waals surface area contributed by atoms with Crippen LogP contribution in [0.4, 0.5) is 5.69 Å². The van der Waals surface area contributed by atoms with Crippen LogP contribution in [0.3, 0.4) is 0 Å². The molecule has 1 aliphatic carbocycles. The molecule has 2 rings (SSSR count). The van der Waals surface area contributed by atoms with Gasteiger partial charge in [0.25, 0.3) is 0 Å². The van der Waals surface area contributed by atoms with Crippen LogP contribution in [0.15, 0.2) is 12.4 Å². The van der Waals surface area contributed by atoms with Crippen LogP contribution in [0.2, 0.25) is 0 Å². The number of carbonyl (C=O) groups is 1. The van der Waals surface area contributed by atoms with Crippen LogP contribution in [0.1, 0.15) is 26.2 Å². The highest BCUT2D eigenvalue weighted by Gasteiger charge is 2.23. The Morgan fingerprint density at radius 2 is 2.41 bits per heavy atom. The van der Waals surface area contributed by atoms with Crippen molar-refractivity contribution in [2.75, 3.05) is 12.4 Å². The summed E-state index contributed by atoms with van der Waals surface area (Å²) in [4.78, 5) is 11.2. The van der Waals surface area contributed by atoms with Gasteiger partial charge in [0, 0.05) is 19.3 Å². The molecule has 0 bridgehead atoms. The van der Waals surface area contributed by atoms with Gasteiger partial charge in [-0.05, 0) is 18.8 Å². The fraction of sp³-hybridized carbons (Fsp3) is 0.667. The fourth-order valence-corrected chi connectivity index (χ4v) is 2.32. The highest BCUT2D eigenvalue weighted by molar-refractivity contribution is 5.75. The van der Waals surface area contributed by atoms with Crippen molar-refractivity contribution in [1.82, 2.24) is 15.1 Å². The Morgan fingerprint density at radius 3 is 3.06 bits per heavy atom. The van der Waals surface area contributed by atoms with Gasteiger partial charge in [-0.15, -0.1) is 0 Å². The zero-order valence-electron chi connectivity index (χ0n) is 10.4. The molecule has 2 N–H and O–H groups in total. The van der Waals surface area contributed by atoms with Crippen LogP contribution >= 0.6 is 0 Å². The van der Waals surface area contributed by atoms with Crippen molar-refractivity contribution in [3.8, 4) is 0 Å². The minimum absolute atomic E-state index is 0.0334. The van der Waals surface area contributed by atoms with Crippen molar-refractivity contribution in [2.45, 2.75) is 38.8 Å². The lowest BCUT2D eigenvalue weighted by molar-refractivity contribution is -0.121. The molecule has 1 saturated carbocycles.